The maximum absolute atomic E-state index is 12.8. The molecule has 8 heteroatoms. The van der Waals surface area contributed by atoms with Crippen LogP contribution in [0.2, 0.25) is 0 Å². The van der Waals surface area contributed by atoms with Crippen LogP contribution in [0.25, 0.3) is 11.4 Å². The molecule has 2 N–H and O–H groups in total. The average Bonchev–Trinajstić information content (AvgIpc) is 3.10. The summed E-state index contributed by atoms with van der Waals surface area (Å²) in [5.41, 5.74) is 6.34. The molecule has 1 aromatic heterocycles. The Hall–Kier alpha value is -2.61. The van der Waals surface area contributed by atoms with Gasteiger partial charge >= 0.3 is 0 Å². The predicted octanol–water partition coefficient (Wildman–Crippen LogP) is 2.34. The van der Waals surface area contributed by atoms with Gasteiger partial charge in [-0.25, -0.2) is 0 Å². The third-order valence-corrected chi connectivity index (χ3v) is 5.97. The van der Waals surface area contributed by atoms with Crippen LogP contribution in [0.1, 0.15) is 19.8 Å². The summed E-state index contributed by atoms with van der Waals surface area (Å²) in [6.45, 7) is 7.38. The molecule has 0 saturated carbocycles. The number of rotatable bonds is 7. The van der Waals surface area contributed by atoms with Gasteiger partial charge in [-0.05, 0) is 19.8 Å². The van der Waals surface area contributed by atoms with Crippen molar-refractivity contribution in [2.45, 2.75) is 36.7 Å². The Kier molecular flexibility index (Phi) is 6.51. The topological polar surface area (TPSA) is 94.1 Å². The molecule has 0 aliphatic carbocycles. The normalized spacial score (nSPS) is 16.0. The molecule has 2 amide bonds. The molecular formula is C20H25N5O2S. The highest BCUT2D eigenvalue weighted by atomic mass is 32.2. The van der Waals surface area contributed by atoms with Gasteiger partial charge in [0.15, 0.2) is 11.0 Å². The van der Waals surface area contributed by atoms with Crippen molar-refractivity contribution in [2.24, 2.45) is 11.7 Å². The van der Waals surface area contributed by atoms with Gasteiger partial charge in [-0.15, -0.1) is 16.8 Å². The van der Waals surface area contributed by atoms with Gasteiger partial charge in [0, 0.05) is 31.1 Å². The highest BCUT2D eigenvalue weighted by Crippen LogP contribution is 2.28. The largest absolute Gasteiger partial charge is 0.369 e. The SMILES string of the molecule is C=CCn1c(SC(C)C(=O)N2CCC(C(N)=O)CC2)nnc1-c1ccccc1. The zero-order chi connectivity index (χ0) is 20.1. The van der Waals surface area contributed by atoms with Gasteiger partial charge in [0.25, 0.3) is 0 Å². The summed E-state index contributed by atoms with van der Waals surface area (Å²) in [4.78, 5) is 26.0. The Balaban J connectivity index is 1.71. The van der Waals surface area contributed by atoms with E-state index in [0.717, 1.165) is 11.4 Å². The third-order valence-electron chi connectivity index (χ3n) is 4.90. The van der Waals surface area contributed by atoms with Gasteiger partial charge < -0.3 is 10.6 Å². The Bertz CT molecular complexity index is 844. The number of hydrogen-bond donors (Lipinski definition) is 1. The lowest BCUT2D eigenvalue weighted by Gasteiger charge is -2.32. The molecule has 1 atom stereocenters. The molecule has 1 aromatic carbocycles. The number of piperidine rings is 1. The number of carbonyl (C=O) groups excluding carboxylic acids is 2. The first-order valence-corrected chi connectivity index (χ1v) is 10.2. The highest BCUT2D eigenvalue weighted by Gasteiger charge is 2.29. The molecule has 0 spiro atoms. The van der Waals surface area contributed by atoms with Crippen molar-refractivity contribution in [1.82, 2.24) is 19.7 Å². The van der Waals surface area contributed by atoms with Gasteiger partial charge in [-0.3, -0.25) is 14.2 Å². The van der Waals surface area contributed by atoms with Crippen molar-refractivity contribution in [1.29, 1.82) is 0 Å². The fourth-order valence-corrected chi connectivity index (χ4v) is 4.26. The minimum Gasteiger partial charge on any atom is -0.369 e. The van der Waals surface area contributed by atoms with E-state index in [9.17, 15) is 9.59 Å². The Morgan fingerprint density at radius 3 is 2.57 bits per heavy atom. The molecule has 2 heterocycles. The fraction of sp³-hybridized carbons (Fsp3) is 0.400. The number of thioether (sulfide) groups is 1. The number of carbonyl (C=O) groups is 2. The first-order valence-electron chi connectivity index (χ1n) is 9.35. The second-order valence-corrected chi connectivity index (χ2v) is 8.14. The lowest BCUT2D eigenvalue weighted by atomic mass is 9.96. The van der Waals surface area contributed by atoms with Crippen molar-refractivity contribution in [3.05, 3.63) is 43.0 Å². The molecule has 2 aromatic rings. The minimum atomic E-state index is -0.304. The minimum absolute atomic E-state index is 0.0438. The van der Waals surface area contributed by atoms with E-state index < -0.39 is 0 Å². The second-order valence-electron chi connectivity index (χ2n) is 6.83. The first-order chi connectivity index (χ1) is 13.5. The number of allylic oxidation sites excluding steroid dienone is 1. The van der Waals surface area contributed by atoms with Crippen LogP contribution in [0.3, 0.4) is 0 Å². The smallest absolute Gasteiger partial charge is 0.235 e. The van der Waals surface area contributed by atoms with Crippen LogP contribution in [-0.2, 0) is 16.1 Å². The lowest BCUT2D eigenvalue weighted by Crippen LogP contribution is -2.44. The Morgan fingerprint density at radius 2 is 1.96 bits per heavy atom. The van der Waals surface area contributed by atoms with Crippen LogP contribution in [0.4, 0.5) is 0 Å². The van der Waals surface area contributed by atoms with Crippen molar-refractivity contribution < 1.29 is 9.59 Å². The van der Waals surface area contributed by atoms with E-state index in [2.05, 4.69) is 16.8 Å². The Morgan fingerprint density at radius 1 is 1.29 bits per heavy atom. The average molecular weight is 400 g/mol. The molecule has 1 saturated heterocycles. The van der Waals surface area contributed by atoms with Crippen LogP contribution in [0, 0.1) is 5.92 Å². The van der Waals surface area contributed by atoms with Crippen LogP contribution in [-0.4, -0.2) is 49.8 Å². The van der Waals surface area contributed by atoms with E-state index in [1.165, 1.54) is 11.8 Å². The van der Waals surface area contributed by atoms with Gasteiger partial charge in [0.2, 0.25) is 11.8 Å². The van der Waals surface area contributed by atoms with Crippen LogP contribution in [0.5, 0.6) is 0 Å². The van der Waals surface area contributed by atoms with Crippen molar-refractivity contribution in [3.8, 4) is 11.4 Å². The van der Waals surface area contributed by atoms with E-state index in [1.54, 1.807) is 6.08 Å². The summed E-state index contributed by atoms with van der Waals surface area (Å²) in [6.07, 6.45) is 3.05. The molecule has 3 rings (SSSR count). The molecule has 1 aliphatic rings. The number of hydrogen-bond acceptors (Lipinski definition) is 5. The molecule has 0 bridgehead atoms. The zero-order valence-electron chi connectivity index (χ0n) is 16.0. The molecule has 7 nitrogen and oxygen atoms in total. The summed E-state index contributed by atoms with van der Waals surface area (Å²) in [5.74, 6) is 0.392. The monoisotopic (exact) mass is 399 g/mol. The number of amides is 2. The van der Waals surface area contributed by atoms with Crippen LogP contribution in [0.15, 0.2) is 48.1 Å². The van der Waals surface area contributed by atoms with Crippen molar-refractivity contribution in [2.75, 3.05) is 13.1 Å². The van der Waals surface area contributed by atoms with Gasteiger partial charge in [0.05, 0.1) is 5.25 Å². The summed E-state index contributed by atoms with van der Waals surface area (Å²) in [6, 6.07) is 9.83. The van der Waals surface area contributed by atoms with Gasteiger partial charge in [0.1, 0.15) is 0 Å². The van der Waals surface area contributed by atoms with Crippen molar-refractivity contribution in [3.63, 3.8) is 0 Å². The van der Waals surface area contributed by atoms with E-state index in [0.29, 0.717) is 37.6 Å². The zero-order valence-corrected chi connectivity index (χ0v) is 16.8. The quantitative estimate of drug-likeness (QED) is 0.570. The maximum Gasteiger partial charge on any atom is 0.235 e. The number of aromatic nitrogens is 3. The summed E-state index contributed by atoms with van der Waals surface area (Å²) >= 11 is 1.39. The predicted molar refractivity (Wildman–Crippen MR) is 109 cm³/mol. The first kappa shape index (κ1) is 20.1. The van der Waals surface area contributed by atoms with Gasteiger partial charge in [-0.2, -0.15) is 0 Å². The third kappa shape index (κ3) is 4.44. The standard InChI is InChI=1S/C20H25N5O2S/c1-3-11-25-18(16-7-5-4-6-8-16)22-23-20(25)28-14(2)19(27)24-12-9-15(10-13-24)17(21)26/h3-8,14-15H,1,9-13H2,2H3,(H2,21,26). The summed E-state index contributed by atoms with van der Waals surface area (Å²) in [5, 5.41) is 9.02. The molecular weight excluding hydrogens is 374 g/mol. The van der Waals surface area contributed by atoms with Gasteiger partial charge in [-0.1, -0.05) is 48.2 Å². The highest BCUT2D eigenvalue weighted by molar-refractivity contribution is 8.00. The number of nitrogens with zero attached hydrogens (tertiary/aromatic N) is 4. The van der Waals surface area contributed by atoms with Crippen molar-refractivity contribution >= 4 is 23.6 Å². The van der Waals surface area contributed by atoms with E-state index in [-0.39, 0.29) is 23.0 Å². The number of primary amides is 1. The summed E-state index contributed by atoms with van der Waals surface area (Å²) < 4.78 is 1.97. The second kappa shape index (κ2) is 9.05. The van der Waals surface area contributed by atoms with E-state index in [1.807, 2.05) is 46.7 Å². The lowest BCUT2D eigenvalue weighted by molar-refractivity contribution is -0.134. The van der Waals surface area contributed by atoms with E-state index >= 15 is 0 Å². The maximum atomic E-state index is 12.8. The Labute approximate surface area is 169 Å². The van der Waals surface area contributed by atoms with E-state index in [4.69, 9.17) is 5.73 Å². The molecule has 1 unspecified atom stereocenters. The molecule has 28 heavy (non-hydrogen) atoms. The number of benzene rings is 1. The molecule has 1 aliphatic heterocycles. The molecule has 1 fully saturated rings. The molecule has 148 valence electrons. The number of likely N-dealkylation sites (tertiary alicyclic amines) is 1. The fourth-order valence-electron chi connectivity index (χ4n) is 3.32. The van der Waals surface area contributed by atoms with Crippen LogP contribution >= 0.6 is 11.8 Å². The molecule has 0 radical (unpaired) electrons. The van der Waals surface area contributed by atoms with Crippen LogP contribution < -0.4 is 5.73 Å². The summed E-state index contributed by atoms with van der Waals surface area (Å²) in [7, 11) is 0. The number of nitrogens with two attached hydrogens (primary N) is 1.